The van der Waals surface area contributed by atoms with Gasteiger partial charge in [0.15, 0.2) is 0 Å². The molecule has 1 fully saturated rings. The van der Waals surface area contributed by atoms with Crippen molar-refractivity contribution in [1.82, 2.24) is 10.6 Å². The van der Waals surface area contributed by atoms with Crippen LogP contribution in [0.2, 0.25) is 0 Å². The van der Waals surface area contributed by atoms with Gasteiger partial charge in [0.1, 0.15) is 23.4 Å². The van der Waals surface area contributed by atoms with Crippen LogP contribution in [0.3, 0.4) is 0 Å². The normalized spacial score (nSPS) is 21.2. The molecule has 2 heterocycles. The van der Waals surface area contributed by atoms with E-state index in [9.17, 15) is 22.4 Å². The smallest absolute Gasteiger partial charge is 0.408 e. The number of hydrogen-bond donors (Lipinski definition) is 2. The first kappa shape index (κ1) is 17.1. The van der Waals surface area contributed by atoms with Crippen molar-refractivity contribution < 1.29 is 26.8 Å². The molecule has 2 unspecified atom stereocenters. The third-order valence-corrected chi connectivity index (χ3v) is 3.77. The molecule has 2 N–H and O–H groups in total. The fraction of sp³-hybridized carbons (Fsp3) is 0.235. The van der Waals surface area contributed by atoms with E-state index in [2.05, 4.69) is 5.32 Å². The monoisotopic (exact) mass is 354 g/mol. The molecule has 0 saturated carbocycles. The molecule has 25 heavy (non-hydrogen) atoms. The predicted octanol–water partition coefficient (Wildman–Crippen LogP) is 4.10. The van der Waals surface area contributed by atoms with E-state index in [4.69, 9.17) is 4.42 Å². The van der Waals surface area contributed by atoms with Crippen molar-refractivity contribution in [2.75, 3.05) is 0 Å². The van der Waals surface area contributed by atoms with Crippen LogP contribution >= 0.6 is 0 Å². The number of halogens is 4. The van der Waals surface area contributed by atoms with Crippen LogP contribution in [0.4, 0.5) is 22.4 Å². The molecule has 1 saturated heterocycles. The lowest BCUT2D eigenvalue weighted by Crippen LogP contribution is -2.58. The Bertz CT molecular complexity index is 798. The van der Waals surface area contributed by atoms with E-state index in [1.807, 2.05) is 5.32 Å². The highest BCUT2D eigenvalue weighted by atomic mass is 19.4. The van der Waals surface area contributed by atoms with Crippen molar-refractivity contribution >= 4 is 12.1 Å². The number of alkyl halides is 3. The number of urea groups is 1. The number of nitrogens with one attached hydrogen (secondary N) is 2. The molecule has 1 aromatic carbocycles. The van der Waals surface area contributed by atoms with Gasteiger partial charge in [-0.2, -0.15) is 13.2 Å². The van der Waals surface area contributed by atoms with Crippen LogP contribution < -0.4 is 10.6 Å². The summed E-state index contributed by atoms with van der Waals surface area (Å²) in [6.07, 6.45) is -1.96. The molecule has 132 valence electrons. The quantitative estimate of drug-likeness (QED) is 0.816. The van der Waals surface area contributed by atoms with Gasteiger partial charge < -0.3 is 15.1 Å². The zero-order valence-electron chi connectivity index (χ0n) is 12.8. The molecule has 2 aromatic rings. The Morgan fingerprint density at radius 1 is 1.12 bits per heavy atom. The van der Waals surface area contributed by atoms with E-state index in [1.54, 1.807) is 30.3 Å². The molecular formula is C17H14F4N2O2. The first-order valence-electron chi connectivity index (χ1n) is 7.49. The van der Waals surface area contributed by atoms with E-state index < -0.39 is 30.1 Å². The zero-order valence-corrected chi connectivity index (χ0v) is 12.8. The maximum Gasteiger partial charge on any atom is 0.408 e. The standard InChI is InChI=1S/C17H14F4N2O2/c18-13-4-2-1-3-12(13)14-8-7-11(25-14)6-5-10-9-15(17(19,20)21)23-16(24)22-10/h1-8,10,15H,9H2,(H2,22,23,24)/b6-5+. The van der Waals surface area contributed by atoms with Crippen molar-refractivity contribution in [3.63, 3.8) is 0 Å². The number of carbonyl (C=O) groups is 1. The highest BCUT2D eigenvalue weighted by molar-refractivity contribution is 5.76. The van der Waals surface area contributed by atoms with Gasteiger partial charge >= 0.3 is 12.2 Å². The van der Waals surface area contributed by atoms with Gasteiger partial charge in [-0.1, -0.05) is 18.2 Å². The number of furan rings is 1. The average molecular weight is 354 g/mol. The Morgan fingerprint density at radius 3 is 2.60 bits per heavy atom. The van der Waals surface area contributed by atoms with E-state index in [1.165, 1.54) is 18.2 Å². The van der Waals surface area contributed by atoms with Crippen LogP contribution in [0.1, 0.15) is 12.2 Å². The first-order valence-corrected chi connectivity index (χ1v) is 7.49. The van der Waals surface area contributed by atoms with Crippen molar-refractivity contribution in [3.05, 3.63) is 54.1 Å². The van der Waals surface area contributed by atoms with Crippen LogP contribution in [0.15, 0.2) is 46.9 Å². The second-order valence-electron chi connectivity index (χ2n) is 5.60. The molecule has 0 spiro atoms. The van der Waals surface area contributed by atoms with Gasteiger partial charge in [0.2, 0.25) is 0 Å². The van der Waals surface area contributed by atoms with Crippen molar-refractivity contribution in [1.29, 1.82) is 0 Å². The SMILES string of the molecule is O=C1NC(/C=C/c2ccc(-c3ccccc3F)o2)CC(C(F)(F)F)N1. The summed E-state index contributed by atoms with van der Waals surface area (Å²) < 4.78 is 57.5. The Morgan fingerprint density at radius 2 is 1.88 bits per heavy atom. The number of amides is 2. The molecular weight excluding hydrogens is 340 g/mol. The largest absolute Gasteiger partial charge is 0.457 e. The molecule has 2 atom stereocenters. The maximum absolute atomic E-state index is 13.7. The molecule has 0 bridgehead atoms. The Hall–Kier alpha value is -2.77. The van der Waals surface area contributed by atoms with E-state index >= 15 is 0 Å². The minimum atomic E-state index is -4.51. The van der Waals surface area contributed by atoms with Gasteiger partial charge in [0, 0.05) is 6.42 Å². The van der Waals surface area contributed by atoms with Crippen LogP contribution in [0, 0.1) is 5.82 Å². The molecule has 8 heteroatoms. The summed E-state index contributed by atoms with van der Waals surface area (Å²) in [6, 6.07) is 5.65. The second-order valence-corrected chi connectivity index (χ2v) is 5.60. The Labute approximate surface area is 140 Å². The van der Waals surface area contributed by atoms with E-state index in [0.29, 0.717) is 11.5 Å². The first-order chi connectivity index (χ1) is 11.8. The highest BCUT2D eigenvalue weighted by Crippen LogP contribution is 2.27. The van der Waals surface area contributed by atoms with Crippen LogP contribution in [-0.4, -0.2) is 24.3 Å². The third-order valence-electron chi connectivity index (χ3n) is 3.77. The molecule has 1 aromatic heterocycles. The summed E-state index contributed by atoms with van der Waals surface area (Å²) in [6.45, 7) is 0. The predicted molar refractivity (Wildman–Crippen MR) is 83.1 cm³/mol. The van der Waals surface area contributed by atoms with Gasteiger partial charge in [0.25, 0.3) is 0 Å². The summed E-state index contributed by atoms with van der Waals surface area (Å²) in [7, 11) is 0. The lowest BCUT2D eigenvalue weighted by atomic mass is 10.0. The summed E-state index contributed by atoms with van der Waals surface area (Å²) in [5.74, 6) is 0.209. The molecule has 1 aliphatic rings. The number of benzene rings is 1. The van der Waals surface area contributed by atoms with Gasteiger partial charge in [-0.25, -0.2) is 9.18 Å². The fourth-order valence-electron chi connectivity index (χ4n) is 2.54. The highest BCUT2D eigenvalue weighted by Gasteiger charge is 2.44. The van der Waals surface area contributed by atoms with Crippen LogP contribution in [-0.2, 0) is 0 Å². The lowest BCUT2D eigenvalue weighted by Gasteiger charge is -2.30. The molecule has 2 amide bonds. The second kappa shape index (κ2) is 6.62. The van der Waals surface area contributed by atoms with Gasteiger partial charge in [-0.15, -0.1) is 0 Å². The van der Waals surface area contributed by atoms with Crippen LogP contribution in [0.5, 0.6) is 0 Å². The molecule has 3 rings (SSSR count). The summed E-state index contributed by atoms with van der Waals surface area (Å²) in [5, 5.41) is 4.24. The molecule has 0 radical (unpaired) electrons. The Kier molecular flexibility index (Phi) is 4.52. The number of hydrogen-bond acceptors (Lipinski definition) is 2. The fourth-order valence-corrected chi connectivity index (χ4v) is 2.54. The van der Waals surface area contributed by atoms with Crippen molar-refractivity contribution in [2.24, 2.45) is 0 Å². The summed E-state index contributed by atoms with van der Waals surface area (Å²) >= 11 is 0. The van der Waals surface area contributed by atoms with Gasteiger partial charge in [-0.05, 0) is 30.3 Å². The maximum atomic E-state index is 13.7. The summed E-state index contributed by atoms with van der Waals surface area (Å²) in [4.78, 5) is 11.3. The topological polar surface area (TPSA) is 54.3 Å². The third kappa shape index (κ3) is 4.01. The minimum Gasteiger partial charge on any atom is -0.457 e. The number of rotatable bonds is 3. The van der Waals surface area contributed by atoms with Gasteiger partial charge in [-0.3, -0.25) is 0 Å². The number of carbonyl (C=O) groups excluding carboxylic acids is 1. The zero-order chi connectivity index (χ0) is 18.0. The van der Waals surface area contributed by atoms with Crippen LogP contribution in [0.25, 0.3) is 17.4 Å². The Balaban J connectivity index is 1.72. The minimum absolute atomic E-state index is 0.287. The molecule has 1 aliphatic heterocycles. The molecule has 0 aliphatic carbocycles. The van der Waals surface area contributed by atoms with Crippen molar-refractivity contribution in [2.45, 2.75) is 24.7 Å². The average Bonchev–Trinajstić information content (AvgIpc) is 3.01. The molecule has 4 nitrogen and oxygen atoms in total. The van der Waals surface area contributed by atoms with Crippen molar-refractivity contribution in [3.8, 4) is 11.3 Å². The van der Waals surface area contributed by atoms with E-state index in [-0.39, 0.29) is 12.0 Å². The van der Waals surface area contributed by atoms with E-state index in [0.717, 1.165) is 0 Å². The van der Waals surface area contributed by atoms with Gasteiger partial charge in [0.05, 0.1) is 11.6 Å². The lowest BCUT2D eigenvalue weighted by molar-refractivity contribution is -0.157. The summed E-state index contributed by atoms with van der Waals surface area (Å²) in [5.41, 5.74) is 0.287.